The molecule has 1 rings (SSSR count). The zero-order chi connectivity index (χ0) is 13.0. The summed E-state index contributed by atoms with van der Waals surface area (Å²) in [6, 6.07) is 4.53. The van der Waals surface area contributed by atoms with Crippen molar-refractivity contribution in [2.45, 2.75) is 11.4 Å². The summed E-state index contributed by atoms with van der Waals surface area (Å²) in [7, 11) is 0. The number of aromatic carboxylic acids is 1. The molecule has 0 radical (unpaired) electrons. The van der Waals surface area contributed by atoms with Gasteiger partial charge < -0.3 is 10.4 Å². The summed E-state index contributed by atoms with van der Waals surface area (Å²) in [5, 5.41) is 11.3. The molecule has 17 heavy (non-hydrogen) atoms. The second kappa shape index (κ2) is 6.23. The summed E-state index contributed by atoms with van der Waals surface area (Å²) < 4.78 is 0.698. The van der Waals surface area contributed by atoms with Crippen molar-refractivity contribution in [1.82, 2.24) is 5.32 Å². The molecule has 92 valence electrons. The second-order valence-electron chi connectivity index (χ2n) is 3.13. The van der Waals surface area contributed by atoms with Gasteiger partial charge in [-0.05, 0) is 23.8 Å². The van der Waals surface area contributed by atoms with E-state index in [0.717, 1.165) is 0 Å². The van der Waals surface area contributed by atoms with E-state index in [1.807, 2.05) is 0 Å². The first-order chi connectivity index (χ1) is 7.91. The third kappa shape index (κ3) is 4.18. The molecule has 1 amide bonds. The van der Waals surface area contributed by atoms with Gasteiger partial charge in [-0.25, -0.2) is 4.79 Å². The van der Waals surface area contributed by atoms with Crippen molar-refractivity contribution in [3.05, 3.63) is 33.8 Å². The fourth-order valence-electron chi connectivity index (χ4n) is 1.10. The average molecular weight is 341 g/mol. The smallest absolute Gasteiger partial charge is 0.335 e. The zero-order valence-corrected chi connectivity index (χ0v) is 11.5. The van der Waals surface area contributed by atoms with Crippen LogP contribution in [0.15, 0.2) is 22.7 Å². The van der Waals surface area contributed by atoms with Gasteiger partial charge in [0.15, 0.2) is 4.84 Å². The van der Waals surface area contributed by atoms with E-state index in [1.54, 1.807) is 6.07 Å². The lowest BCUT2D eigenvalue weighted by atomic mass is 10.1. The Balaban J connectivity index is 2.80. The van der Waals surface area contributed by atoms with Crippen molar-refractivity contribution in [2.75, 3.05) is 0 Å². The number of carboxylic acids is 1. The SMILES string of the molecule is O=C(O)c1ccc(Br)c(CNC(=O)C(Cl)Cl)c1. The maximum atomic E-state index is 11.1. The Hall–Kier alpha value is -0.780. The molecule has 1 aromatic rings. The number of carbonyl (C=O) groups excluding carboxylic acids is 1. The lowest BCUT2D eigenvalue weighted by molar-refractivity contribution is -0.119. The van der Waals surface area contributed by atoms with Gasteiger partial charge in [0.2, 0.25) is 0 Å². The van der Waals surface area contributed by atoms with E-state index < -0.39 is 16.7 Å². The van der Waals surface area contributed by atoms with Crippen LogP contribution in [0, 0.1) is 0 Å². The summed E-state index contributed by atoms with van der Waals surface area (Å²) >= 11 is 14.0. The van der Waals surface area contributed by atoms with Crippen molar-refractivity contribution < 1.29 is 14.7 Å². The molecule has 7 heteroatoms. The maximum Gasteiger partial charge on any atom is 0.335 e. The molecule has 0 atom stereocenters. The first-order valence-corrected chi connectivity index (χ1v) is 6.16. The predicted octanol–water partition coefficient (Wildman–Crippen LogP) is 2.57. The van der Waals surface area contributed by atoms with Gasteiger partial charge in [0, 0.05) is 11.0 Å². The summed E-state index contributed by atoms with van der Waals surface area (Å²) in [5.41, 5.74) is 0.776. The standard InChI is InChI=1S/C10H8BrCl2NO3/c11-7-2-1-5(10(16)17)3-6(7)4-14-9(15)8(12)13/h1-3,8H,4H2,(H,14,15)(H,16,17). The van der Waals surface area contributed by atoms with Crippen LogP contribution in [-0.2, 0) is 11.3 Å². The van der Waals surface area contributed by atoms with E-state index in [-0.39, 0.29) is 12.1 Å². The van der Waals surface area contributed by atoms with Gasteiger partial charge in [-0.1, -0.05) is 39.1 Å². The number of carbonyl (C=O) groups is 2. The number of alkyl halides is 2. The van der Waals surface area contributed by atoms with Gasteiger partial charge in [0.25, 0.3) is 5.91 Å². The Bertz CT molecular complexity index is 451. The van der Waals surface area contributed by atoms with Gasteiger partial charge in [-0.3, -0.25) is 4.79 Å². The first-order valence-electron chi connectivity index (χ1n) is 4.49. The van der Waals surface area contributed by atoms with Crippen LogP contribution < -0.4 is 5.32 Å². The highest BCUT2D eigenvalue weighted by Gasteiger charge is 2.12. The van der Waals surface area contributed by atoms with Gasteiger partial charge in [0.05, 0.1) is 5.56 Å². The number of benzene rings is 1. The minimum absolute atomic E-state index is 0.144. The van der Waals surface area contributed by atoms with Crippen molar-refractivity contribution in [3.8, 4) is 0 Å². The minimum atomic E-state index is -1.14. The molecule has 0 spiro atoms. The summed E-state index contributed by atoms with van der Waals surface area (Å²) in [6.07, 6.45) is 0. The van der Waals surface area contributed by atoms with Crippen LogP contribution in [0.4, 0.5) is 0 Å². The van der Waals surface area contributed by atoms with Crippen LogP contribution in [0.2, 0.25) is 0 Å². The fraction of sp³-hybridized carbons (Fsp3) is 0.200. The molecule has 4 nitrogen and oxygen atoms in total. The number of rotatable bonds is 4. The highest BCUT2D eigenvalue weighted by atomic mass is 79.9. The molecule has 0 unspecified atom stereocenters. The Morgan fingerprint density at radius 2 is 2.06 bits per heavy atom. The highest BCUT2D eigenvalue weighted by molar-refractivity contribution is 9.10. The van der Waals surface area contributed by atoms with Crippen molar-refractivity contribution in [3.63, 3.8) is 0 Å². The molecular formula is C10H8BrCl2NO3. The van der Waals surface area contributed by atoms with Crippen LogP contribution >= 0.6 is 39.1 Å². The van der Waals surface area contributed by atoms with E-state index in [9.17, 15) is 9.59 Å². The normalized spacial score (nSPS) is 10.4. The van der Waals surface area contributed by atoms with Crippen LogP contribution in [0.3, 0.4) is 0 Å². The molecule has 2 N–H and O–H groups in total. The summed E-state index contributed by atoms with van der Waals surface area (Å²) in [6.45, 7) is 0.149. The van der Waals surface area contributed by atoms with Crippen LogP contribution in [0.5, 0.6) is 0 Å². The minimum Gasteiger partial charge on any atom is -0.478 e. The molecule has 0 aromatic heterocycles. The average Bonchev–Trinajstić information content (AvgIpc) is 2.26. The molecule has 0 bridgehead atoms. The molecule has 0 saturated carbocycles. The number of carboxylic acid groups (broad SMARTS) is 1. The van der Waals surface area contributed by atoms with Crippen LogP contribution in [-0.4, -0.2) is 21.8 Å². The molecular weight excluding hydrogens is 333 g/mol. The first kappa shape index (κ1) is 14.3. The number of hydrogen-bond acceptors (Lipinski definition) is 2. The molecule has 0 aliphatic rings. The van der Waals surface area contributed by atoms with Gasteiger partial charge in [0.1, 0.15) is 0 Å². The molecule has 0 saturated heterocycles. The summed E-state index contributed by atoms with van der Waals surface area (Å²) in [4.78, 5) is 20.8. The van der Waals surface area contributed by atoms with Crippen LogP contribution in [0.1, 0.15) is 15.9 Å². The Morgan fingerprint density at radius 3 is 2.59 bits per heavy atom. The molecule has 0 fully saturated rings. The third-order valence-electron chi connectivity index (χ3n) is 1.94. The third-order valence-corrected chi connectivity index (χ3v) is 3.11. The van der Waals surface area contributed by atoms with Crippen molar-refractivity contribution >= 4 is 51.0 Å². The Morgan fingerprint density at radius 1 is 1.41 bits per heavy atom. The van der Waals surface area contributed by atoms with Gasteiger partial charge >= 0.3 is 5.97 Å². The van der Waals surface area contributed by atoms with E-state index >= 15 is 0 Å². The summed E-state index contributed by atoms with van der Waals surface area (Å²) in [5.74, 6) is -1.56. The van der Waals surface area contributed by atoms with E-state index in [4.69, 9.17) is 28.3 Å². The van der Waals surface area contributed by atoms with Crippen LogP contribution in [0.25, 0.3) is 0 Å². The van der Waals surface area contributed by atoms with E-state index in [0.29, 0.717) is 10.0 Å². The zero-order valence-electron chi connectivity index (χ0n) is 8.41. The highest BCUT2D eigenvalue weighted by Crippen LogP contribution is 2.18. The predicted molar refractivity (Wildman–Crippen MR) is 68.4 cm³/mol. The number of halogens is 3. The van der Waals surface area contributed by atoms with Gasteiger partial charge in [-0.2, -0.15) is 0 Å². The van der Waals surface area contributed by atoms with E-state index in [1.165, 1.54) is 12.1 Å². The molecule has 0 aliphatic carbocycles. The number of hydrogen-bond donors (Lipinski definition) is 2. The lowest BCUT2D eigenvalue weighted by Crippen LogP contribution is -2.28. The Labute approximate surface area is 116 Å². The van der Waals surface area contributed by atoms with E-state index in [2.05, 4.69) is 21.2 Å². The number of amides is 1. The largest absolute Gasteiger partial charge is 0.478 e. The fourth-order valence-corrected chi connectivity index (χ4v) is 1.64. The molecule has 1 aromatic carbocycles. The molecule has 0 heterocycles. The monoisotopic (exact) mass is 339 g/mol. The van der Waals surface area contributed by atoms with Gasteiger partial charge in [-0.15, -0.1) is 0 Å². The quantitative estimate of drug-likeness (QED) is 0.828. The van der Waals surface area contributed by atoms with Crippen molar-refractivity contribution in [1.29, 1.82) is 0 Å². The van der Waals surface area contributed by atoms with Crippen molar-refractivity contribution in [2.24, 2.45) is 0 Å². The molecule has 0 aliphatic heterocycles. The second-order valence-corrected chi connectivity index (χ2v) is 5.08. The topological polar surface area (TPSA) is 66.4 Å². The Kier molecular flexibility index (Phi) is 5.24. The lowest BCUT2D eigenvalue weighted by Gasteiger charge is -2.08. The number of nitrogens with one attached hydrogen (secondary N) is 1. The maximum absolute atomic E-state index is 11.1.